The molecule has 0 aliphatic heterocycles. The maximum Gasteiger partial charge on any atom is 0.338 e. The Morgan fingerprint density at radius 1 is 1.25 bits per heavy atom. The van der Waals surface area contributed by atoms with Crippen LogP contribution in [0.15, 0.2) is 24.3 Å². The lowest BCUT2D eigenvalue weighted by atomic mass is 10.2. The van der Waals surface area contributed by atoms with Crippen molar-refractivity contribution in [2.45, 2.75) is 20.0 Å². The average Bonchev–Trinajstić information content (AvgIpc) is 2.39. The summed E-state index contributed by atoms with van der Waals surface area (Å²) < 4.78 is 5.97. The van der Waals surface area contributed by atoms with E-state index in [0.717, 1.165) is 3.57 Å². The Labute approximate surface area is 130 Å². The lowest BCUT2D eigenvalue weighted by Gasteiger charge is -2.13. The topological polar surface area (TPSA) is 84.5 Å². The van der Waals surface area contributed by atoms with Gasteiger partial charge in [-0.25, -0.2) is 9.59 Å². The van der Waals surface area contributed by atoms with Crippen molar-refractivity contribution in [3.63, 3.8) is 0 Å². The smallest absolute Gasteiger partial charge is 0.338 e. The van der Waals surface area contributed by atoms with Gasteiger partial charge in [0.2, 0.25) is 0 Å². The van der Waals surface area contributed by atoms with Gasteiger partial charge in [-0.3, -0.25) is 10.1 Å². The second kappa shape index (κ2) is 7.83. The number of halogens is 1. The van der Waals surface area contributed by atoms with Crippen LogP contribution in [0, 0.1) is 3.57 Å². The van der Waals surface area contributed by atoms with Crippen molar-refractivity contribution in [2.24, 2.45) is 0 Å². The normalized spacial score (nSPS) is 11.3. The van der Waals surface area contributed by atoms with Gasteiger partial charge in [-0.1, -0.05) is 0 Å². The quantitative estimate of drug-likeness (QED) is 0.606. The summed E-state index contributed by atoms with van der Waals surface area (Å²) in [6.07, 6.45) is -1.05. The van der Waals surface area contributed by atoms with Gasteiger partial charge in [-0.2, -0.15) is 0 Å². The molecule has 1 atom stereocenters. The fourth-order valence-corrected chi connectivity index (χ4v) is 1.65. The van der Waals surface area contributed by atoms with Gasteiger partial charge in [0, 0.05) is 10.1 Å². The van der Waals surface area contributed by atoms with Crippen LogP contribution in [0.4, 0.5) is 4.79 Å². The summed E-state index contributed by atoms with van der Waals surface area (Å²) >= 11 is 2.12. The molecule has 0 heterocycles. The van der Waals surface area contributed by atoms with Crippen LogP contribution in [0.2, 0.25) is 0 Å². The lowest BCUT2D eigenvalue weighted by molar-refractivity contribution is -0.127. The van der Waals surface area contributed by atoms with Crippen molar-refractivity contribution >= 4 is 40.5 Å². The molecule has 0 radical (unpaired) electrons. The molecule has 0 aliphatic carbocycles. The van der Waals surface area contributed by atoms with Crippen LogP contribution in [-0.4, -0.2) is 30.6 Å². The molecule has 1 aromatic carbocycles. The highest BCUT2D eigenvalue weighted by atomic mass is 127. The van der Waals surface area contributed by atoms with Gasteiger partial charge in [0.25, 0.3) is 5.91 Å². The van der Waals surface area contributed by atoms with Gasteiger partial charge in [0.15, 0.2) is 6.10 Å². The molecule has 7 heteroatoms. The fraction of sp³-hybridized carbons (Fsp3) is 0.308. The molecule has 2 N–H and O–H groups in total. The molecule has 0 bridgehead atoms. The first-order valence-electron chi connectivity index (χ1n) is 5.99. The third kappa shape index (κ3) is 5.16. The number of esters is 1. The zero-order valence-corrected chi connectivity index (χ0v) is 13.3. The number of amides is 3. The highest BCUT2D eigenvalue weighted by molar-refractivity contribution is 14.1. The van der Waals surface area contributed by atoms with Crippen LogP contribution in [0.5, 0.6) is 0 Å². The van der Waals surface area contributed by atoms with Crippen LogP contribution in [0.25, 0.3) is 0 Å². The van der Waals surface area contributed by atoms with E-state index in [0.29, 0.717) is 12.1 Å². The molecule has 3 amide bonds. The van der Waals surface area contributed by atoms with E-state index in [9.17, 15) is 14.4 Å². The fourth-order valence-electron chi connectivity index (χ4n) is 1.29. The second-order valence-corrected chi connectivity index (χ2v) is 5.15. The first kappa shape index (κ1) is 16.4. The number of carbonyl (C=O) groups excluding carboxylic acids is 3. The summed E-state index contributed by atoms with van der Waals surface area (Å²) in [5.74, 6) is -1.28. The molecule has 0 saturated carbocycles. The molecular weight excluding hydrogens is 375 g/mol. The number of rotatable bonds is 4. The Bertz CT molecular complexity index is 502. The van der Waals surface area contributed by atoms with Crippen LogP contribution in [-0.2, 0) is 9.53 Å². The number of hydrogen-bond donors (Lipinski definition) is 2. The lowest BCUT2D eigenvalue weighted by Crippen LogP contribution is -2.44. The minimum absolute atomic E-state index is 0.350. The highest BCUT2D eigenvalue weighted by Gasteiger charge is 2.20. The molecule has 0 spiro atoms. The molecule has 108 valence electrons. The number of carbonyl (C=O) groups is 3. The van der Waals surface area contributed by atoms with E-state index in [2.05, 4.69) is 33.2 Å². The summed E-state index contributed by atoms with van der Waals surface area (Å²) in [4.78, 5) is 34.5. The van der Waals surface area contributed by atoms with E-state index in [1.54, 1.807) is 31.2 Å². The maximum atomic E-state index is 11.8. The van der Waals surface area contributed by atoms with E-state index in [1.165, 1.54) is 6.92 Å². The molecule has 0 aromatic heterocycles. The molecule has 20 heavy (non-hydrogen) atoms. The predicted molar refractivity (Wildman–Crippen MR) is 81.3 cm³/mol. The first-order valence-corrected chi connectivity index (χ1v) is 7.07. The van der Waals surface area contributed by atoms with E-state index in [-0.39, 0.29) is 0 Å². The summed E-state index contributed by atoms with van der Waals surface area (Å²) in [5.41, 5.74) is 0.350. The van der Waals surface area contributed by atoms with E-state index < -0.39 is 24.0 Å². The van der Waals surface area contributed by atoms with Crippen LogP contribution in [0.3, 0.4) is 0 Å². The van der Waals surface area contributed by atoms with Gasteiger partial charge in [0.1, 0.15) is 0 Å². The van der Waals surface area contributed by atoms with Crippen molar-refractivity contribution in [3.8, 4) is 0 Å². The van der Waals surface area contributed by atoms with Crippen LogP contribution < -0.4 is 10.6 Å². The minimum Gasteiger partial charge on any atom is -0.449 e. The average molecular weight is 390 g/mol. The van der Waals surface area contributed by atoms with Crippen LogP contribution in [0.1, 0.15) is 24.2 Å². The minimum atomic E-state index is -1.05. The standard InChI is InChI=1S/C13H15IN2O4/c1-3-15-13(19)16-11(17)8(2)20-12(18)9-4-6-10(14)7-5-9/h4-8H,3H2,1-2H3,(H2,15,16,17,19)/t8-/m1/s1. The van der Waals surface area contributed by atoms with E-state index in [1.807, 2.05) is 0 Å². The Balaban J connectivity index is 2.54. The summed E-state index contributed by atoms with van der Waals surface area (Å²) in [6.45, 7) is 3.53. The van der Waals surface area contributed by atoms with Gasteiger partial charge >= 0.3 is 12.0 Å². The molecule has 0 aliphatic rings. The van der Waals surface area contributed by atoms with Crippen molar-refractivity contribution in [1.82, 2.24) is 10.6 Å². The number of nitrogens with one attached hydrogen (secondary N) is 2. The Kier molecular flexibility index (Phi) is 6.43. The van der Waals surface area contributed by atoms with Gasteiger partial charge in [-0.05, 0) is 60.7 Å². The summed E-state index contributed by atoms with van der Waals surface area (Å²) in [5, 5.41) is 4.49. The van der Waals surface area contributed by atoms with Crippen molar-refractivity contribution in [3.05, 3.63) is 33.4 Å². The second-order valence-electron chi connectivity index (χ2n) is 3.90. The third-order valence-corrected chi connectivity index (χ3v) is 3.03. The third-order valence-electron chi connectivity index (χ3n) is 2.31. The number of ether oxygens (including phenoxy) is 1. The SMILES string of the molecule is CCNC(=O)NC(=O)[C@@H](C)OC(=O)c1ccc(I)cc1. The Morgan fingerprint density at radius 3 is 2.40 bits per heavy atom. The molecular formula is C13H15IN2O4. The Hall–Kier alpha value is -1.64. The van der Waals surface area contributed by atoms with Crippen molar-refractivity contribution in [1.29, 1.82) is 0 Å². The number of hydrogen-bond acceptors (Lipinski definition) is 4. The zero-order valence-electron chi connectivity index (χ0n) is 11.1. The number of imide groups is 1. The molecule has 0 fully saturated rings. The van der Waals surface area contributed by atoms with Crippen molar-refractivity contribution < 1.29 is 19.1 Å². The molecule has 0 unspecified atom stereocenters. The molecule has 1 rings (SSSR count). The zero-order chi connectivity index (χ0) is 15.1. The maximum absolute atomic E-state index is 11.8. The van der Waals surface area contributed by atoms with Gasteiger partial charge < -0.3 is 10.1 Å². The summed E-state index contributed by atoms with van der Waals surface area (Å²) in [7, 11) is 0. The molecule has 6 nitrogen and oxygen atoms in total. The van der Waals surface area contributed by atoms with Crippen molar-refractivity contribution in [2.75, 3.05) is 6.54 Å². The number of benzene rings is 1. The largest absolute Gasteiger partial charge is 0.449 e. The first-order chi connectivity index (χ1) is 9.43. The Morgan fingerprint density at radius 2 is 1.85 bits per heavy atom. The highest BCUT2D eigenvalue weighted by Crippen LogP contribution is 2.09. The monoisotopic (exact) mass is 390 g/mol. The number of urea groups is 1. The molecule has 0 saturated heterocycles. The van der Waals surface area contributed by atoms with E-state index in [4.69, 9.17) is 4.74 Å². The van der Waals surface area contributed by atoms with Gasteiger partial charge in [-0.15, -0.1) is 0 Å². The van der Waals surface area contributed by atoms with E-state index >= 15 is 0 Å². The summed E-state index contributed by atoms with van der Waals surface area (Å²) in [6, 6.07) is 6.12. The van der Waals surface area contributed by atoms with Gasteiger partial charge in [0.05, 0.1) is 5.56 Å². The molecule has 1 aromatic rings. The van der Waals surface area contributed by atoms with Crippen LogP contribution >= 0.6 is 22.6 Å². The predicted octanol–water partition coefficient (Wildman–Crippen LogP) is 1.68.